The minimum absolute atomic E-state index is 0.0552. The van der Waals surface area contributed by atoms with Gasteiger partial charge in [-0.1, -0.05) is 90.1 Å². The Morgan fingerprint density at radius 2 is 1.58 bits per heavy atom. The van der Waals surface area contributed by atoms with Crippen LogP contribution in [0.25, 0.3) is 0 Å². The van der Waals surface area contributed by atoms with Gasteiger partial charge in [0.15, 0.2) is 0 Å². The summed E-state index contributed by atoms with van der Waals surface area (Å²) in [4.78, 5) is 28.0. The van der Waals surface area contributed by atoms with Gasteiger partial charge in [-0.15, -0.1) is 0 Å². The first kappa shape index (κ1) is 22.4. The summed E-state index contributed by atoms with van der Waals surface area (Å²) < 4.78 is 0. The van der Waals surface area contributed by atoms with Gasteiger partial charge in [0.1, 0.15) is 16.7 Å². The zero-order valence-electron chi connectivity index (χ0n) is 18.2. The van der Waals surface area contributed by atoms with E-state index in [1.807, 2.05) is 97.9 Å². The van der Waals surface area contributed by atoms with Crippen molar-refractivity contribution in [3.63, 3.8) is 0 Å². The molecular formula is C27H23N3O2S. The lowest BCUT2D eigenvalue weighted by Crippen LogP contribution is -2.32. The minimum atomic E-state index is -0.492. The van der Waals surface area contributed by atoms with Gasteiger partial charge in [-0.25, -0.2) is 0 Å². The Kier molecular flexibility index (Phi) is 6.92. The van der Waals surface area contributed by atoms with Gasteiger partial charge in [0.25, 0.3) is 5.91 Å². The van der Waals surface area contributed by atoms with E-state index in [2.05, 4.69) is 5.32 Å². The van der Waals surface area contributed by atoms with Crippen LogP contribution < -0.4 is 10.2 Å². The predicted octanol–water partition coefficient (Wildman–Crippen LogP) is 4.74. The average Bonchev–Trinajstić information content (AvgIpc) is 3.15. The van der Waals surface area contributed by atoms with E-state index in [9.17, 15) is 14.9 Å². The molecule has 1 aliphatic rings. The van der Waals surface area contributed by atoms with Crippen LogP contribution in [-0.4, -0.2) is 17.1 Å². The molecule has 2 amide bonds. The molecular weight excluding hydrogens is 430 g/mol. The SMILES string of the molecule is Cc1ccc(N2C(=O)[C@H](Cc3ccccc3)S/C2=C(\C#N)C(=O)NCc2ccccc2)cc1. The van der Waals surface area contributed by atoms with Crippen LogP contribution in [0.1, 0.15) is 16.7 Å². The summed E-state index contributed by atoms with van der Waals surface area (Å²) in [6.45, 7) is 2.27. The molecule has 1 fully saturated rings. The molecule has 1 N–H and O–H groups in total. The molecule has 3 aromatic rings. The third-order valence-electron chi connectivity index (χ3n) is 5.36. The van der Waals surface area contributed by atoms with Gasteiger partial charge in [-0.05, 0) is 36.6 Å². The first-order valence-corrected chi connectivity index (χ1v) is 11.5. The standard InChI is InChI=1S/C27H23N3O2S/c1-19-12-14-22(15-13-19)30-26(32)24(16-20-8-4-2-5-9-20)33-27(30)23(17-28)25(31)29-18-21-10-6-3-7-11-21/h2-15,24H,16,18H2,1H3,(H,29,31)/b27-23+/t24-/m0/s1. The van der Waals surface area contributed by atoms with Crippen LogP contribution in [0.3, 0.4) is 0 Å². The largest absolute Gasteiger partial charge is 0.347 e. The monoisotopic (exact) mass is 453 g/mol. The van der Waals surface area contributed by atoms with Crippen molar-refractivity contribution >= 4 is 29.3 Å². The van der Waals surface area contributed by atoms with E-state index >= 15 is 0 Å². The number of carbonyl (C=O) groups excluding carboxylic acids is 2. The van der Waals surface area contributed by atoms with Crippen molar-refractivity contribution in [2.45, 2.75) is 25.1 Å². The van der Waals surface area contributed by atoms with Gasteiger partial charge in [-0.2, -0.15) is 5.26 Å². The van der Waals surface area contributed by atoms with Gasteiger partial charge < -0.3 is 5.32 Å². The fourth-order valence-corrected chi connectivity index (χ4v) is 4.92. The number of hydrogen-bond acceptors (Lipinski definition) is 4. The number of amides is 2. The van der Waals surface area contributed by atoms with Crippen LogP contribution in [0.4, 0.5) is 5.69 Å². The van der Waals surface area contributed by atoms with Gasteiger partial charge in [0.2, 0.25) is 5.91 Å². The van der Waals surface area contributed by atoms with Crippen LogP contribution >= 0.6 is 11.8 Å². The van der Waals surface area contributed by atoms with Crippen molar-refractivity contribution in [2.24, 2.45) is 0 Å². The summed E-state index contributed by atoms with van der Waals surface area (Å²) in [6.07, 6.45) is 0.514. The van der Waals surface area contributed by atoms with Crippen LogP contribution in [0.15, 0.2) is 95.5 Å². The van der Waals surface area contributed by atoms with Gasteiger partial charge in [0.05, 0.1) is 5.25 Å². The third kappa shape index (κ3) is 5.16. The Balaban J connectivity index is 1.67. The quantitative estimate of drug-likeness (QED) is 0.432. The first-order valence-electron chi connectivity index (χ1n) is 10.6. The Labute approximate surface area is 197 Å². The molecule has 0 bridgehead atoms. The summed E-state index contributed by atoms with van der Waals surface area (Å²) in [5.74, 6) is -0.625. The first-order chi connectivity index (χ1) is 16.1. The number of nitriles is 1. The highest BCUT2D eigenvalue weighted by Crippen LogP contribution is 2.41. The van der Waals surface area contributed by atoms with Crippen molar-refractivity contribution in [1.29, 1.82) is 5.26 Å². The van der Waals surface area contributed by atoms with Crippen molar-refractivity contribution < 1.29 is 9.59 Å². The number of rotatable bonds is 6. The fraction of sp³-hybridized carbons (Fsp3) is 0.148. The van der Waals surface area contributed by atoms with Crippen molar-refractivity contribution in [3.05, 3.63) is 112 Å². The molecule has 4 rings (SSSR count). The molecule has 1 saturated heterocycles. The summed E-state index contributed by atoms with van der Waals surface area (Å²) in [6, 6.07) is 28.8. The van der Waals surface area contributed by atoms with E-state index in [0.717, 1.165) is 16.7 Å². The number of hydrogen-bond donors (Lipinski definition) is 1. The molecule has 0 spiro atoms. The molecule has 0 radical (unpaired) electrons. The van der Waals surface area contributed by atoms with Crippen molar-refractivity contribution in [2.75, 3.05) is 4.90 Å². The lowest BCUT2D eigenvalue weighted by molar-refractivity contribution is -0.117. The molecule has 0 aromatic heterocycles. The molecule has 1 aliphatic heterocycles. The third-order valence-corrected chi connectivity index (χ3v) is 6.62. The average molecular weight is 454 g/mol. The molecule has 33 heavy (non-hydrogen) atoms. The fourth-order valence-electron chi connectivity index (χ4n) is 3.61. The highest BCUT2D eigenvalue weighted by atomic mass is 32.2. The van der Waals surface area contributed by atoms with Gasteiger partial charge in [-0.3, -0.25) is 14.5 Å². The summed E-state index contributed by atoms with van der Waals surface area (Å²) >= 11 is 1.28. The van der Waals surface area contributed by atoms with E-state index in [1.54, 1.807) is 0 Å². The summed E-state index contributed by atoms with van der Waals surface area (Å²) in [5, 5.41) is 12.7. The second kappa shape index (κ2) is 10.2. The van der Waals surface area contributed by atoms with E-state index < -0.39 is 11.2 Å². The smallest absolute Gasteiger partial charge is 0.264 e. The Morgan fingerprint density at radius 1 is 0.970 bits per heavy atom. The number of carbonyl (C=O) groups is 2. The summed E-state index contributed by atoms with van der Waals surface area (Å²) in [5.41, 5.74) is 3.61. The zero-order valence-corrected chi connectivity index (χ0v) is 19.0. The number of aryl methyl sites for hydroxylation is 1. The zero-order chi connectivity index (χ0) is 23.2. The second-order valence-electron chi connectivity index (χ2n) is 7.77. The lowest BCUT2D eigenvalue weighted by Gasteiger charge is -2.19. The molecule has 1 heterocycles. The van der Waals surface area contributed by atoms with Crippen molar-refractivity contribution in [1.82, 2.24) is 5.32 Å². The van der Waals surface area contributed by atoms with E-state index in [1.165, 1.54) is 16.7 Å². The lowest BCUT2D eigenvalue weighted by atomic mass is 10.1. The minimum Gasteiger partial charge on any atom is -0.347 e. The predicted molar refractivity (Wildman–Crippen MR) is 131 cm³/mol. The van der Waals surface area contributed by atoms with Crippen LogP contribution in [-0.2, 0) is 22.6 Å². The highest BCUT2D eigenvalue weighted by Gasteiger charge is 2.40. The normalized spacial score (nSPS) is 16.9. The molecule has 0 saturated carbocycles. The maximum Gasteiger partial charge on any atom is 0.264 e. The van der Waals surface area contributed by atoms with Gasteiger partial charge >= 0.3 is 0 Å². The molecule has 3 aromatic carbocycles. The highest BCUT2D eigenvalue weighted by molar-refractivity contribution is 8.05. The topological polar surface area (TPSA) is 73.2 Å². The number of thioether (sulfide) groups is 1. The number of anilines is 1. The van der Waals surface area contributed by atoms with Crippen LogP contribution in [0.2, 0.25) is 0 Å². The molecule has 0 unspecified atom stereocenters. The molecule has 0 aliphatic carbocycles. The van der Waals surface area contributed by atoms with Crippen molar-refractivity contribution in [3.8, 4) is 6.07 Å². The number of nitrogens with zero attached hydrogens (tertiary/aromatic N) is 2. The Bertz CT molecular complexity index is 1220. The maximum absolute atomic E-state index is 13.5. The molecule has 164 valence electrons. The second-order valence-corrected chi connectivity index (χ2v) is 8.96. The molecule has 6 heteroatoms. The van der Waals surface area contributed by atoms with E-state index in [4.69, 9.17) is 0 Å². The summed E-state index contributed by atoms with van der Waals surface area (Å²) in [7, 11) is 0. The van der Waals surface area contributed by atoms with E-state index in [-0.39, 0.29) is 11.5 Å². The molecule has 5 nitrogen and oxygen atoms in total. The van der Waals surface area contributed by atoms with Crippen LogP contribution in [0, 0.1) is 18.3 Å². The number of nitrogens with one attached hydrogen (secondary N) is 1. The number of benzene rings is 3. The maximum atomic E-state index is 13.5. The molecule has 1 atom stereocenters. The van der Waals surface area contributed by atoms with Gasteiger partial charge in [0, 0.05) is 12.2 Å². The van der Waals surface area contributed by atoms with E-state index in [0.29, 0.717) is 23.7 Å². The Hall–Kier alpha value is -3.82. The Morgan fingerprint density at radius 3 is 2.18 bits per heavy atom. The van der Waals surface area contributed by atoms with Crippen LogP contribution in [0.5, 0.6) is 0 Å².